The van der Waals surface area contributed by atoms with Crippen molar-refractivity contribution >= 4 is 17.4 Å². The lowest BCUT2D eigenvalue weighted by atomic mass is 10.0. The fraction of sp³-hybridized carbons (Fsp3) is 0.444. The molecule has 24 heavy (non-hydrogen) atoms. The number of benzene rings is 1. The Balaban J connectivity index is 1.51. The van der Waals surface area contributed by atoms with E-state index in [0.29, 0.717) is 19.0 Å². The molecule has 2 aromatic rings. The molecule has 0 spiro atoms. The number of nitrogens with zero attached hydrogens (tertiary/aromatic N) is 2. The highest BCUT2D eigenvalue weighted by Gasteiger charge is 2.22. The Morgan fingerprint density at radius 3 is 3.12 bits per heavy atom. The maximum atomic E-state index is 13.3. The summed E-state index contributed by atoms with van der Waals surface area (Å²) < 4.78 is 13.3. The Morgan fingerprint density at radius 1 is 1.46 bits per heavy atom. The first-order valence-corrected chi connectivity index (χ1v) is 9.26. The molecule has 0 bridgehead atoms. The van der Waals surface area contributed by atoms with Gasteiger partial charge in [-0.2, -0.15) is 0 Å². The fourth-order valence-electron chi connectivity index (χ4n) is 2.98. The molecule has 1 atom stereocenters. The maximum Gasteiger partial charge on any atom is 0.317 e. The quantitative estimate of drug-likeness (QED) is 0.906. The molecule has 0 saturated carbocycles. The average molecular weight is 347 g/mol. The van der Waals surface area contributed by atoms with Crippen LogP contribution in [0, 0.1) is 5.82 Å². The molecule has 0 radical (unpaired) electrons. The summed E-state index contributed by atoms with van der Waals surface area (Å²) in [6, 6.07) is 6.78. The van der Waals surface area contributed by atoms with E-state index in [1.54, 1.807) is 6.07 Å². The topological polar surface area (TPSA) is 45.2 Å². The number of likely N-dealkylation sites (tertiary alicyclic amines) is 1. The Morgan fingerprint density at radius 2 is 2.33 bits per heavy atom. The van der Waals surface area contributed by atoms with Gasteiger partial charge in [-0.1, -0.05) is 12.1 Å². The summed E-state index contributed by atoms with van der Waals surface area (Å²) in [7, 11) is 0. The van der Waals surface area contributed by atoms with Gasteiger partial charge in [0.1, 0.15) is 5.82 Å². The summed E-state index contributed by atoms with van der Waals surface area (Å²) in [4.78, 5) is 18.7. The smallest absolute Gasteiger partial charge is 0.317 e. The monoisotopic (exact) mass is 347 g/mol. The van der Waals surface area contributed by atoms with Crippen LogP contribution in [0.25, 0.3) is 11.3 Å². The second-order valence-corrected chi connectivity index (χ2v) is 7.10. The van der Waals surface area contributed by atoms with Gasteiger partial charge in [-0.15, -0.1) is 11.3 Å². The summed E-state index contributed by atoms with van der Waals surface area (Å²) in [5.41, 5.74) is 1.56. The first-order chi connectivity index (χ1) is 11.6. The molecule has 4 nitrogen and oxygen atoms in total. The summed E-state index contributed by atoms with van der Waals surface area (Å²) >= 11 is 1.54. The maximum absolute atomic E-state index is 13.3. The molecule has 2 amide bonds. The van der Waals surface area contributed by atoms with E-state index in [2.05, 4.69) is 17.2 Å². The molecule has 6 heteroatoms. The molecule has 1 aromatic heterocycles. The molecule has 1 aliphatic heterocycles. The number of hydrogen-bond donors (Lipinski definition) is 1. The molecule has 0 aliphatic carbocycles. The van der Waals surface area contributed by atoms with Gasteiger partial charge < -0.3 is 10.2 Å². The highest BCUT2D eigenvalue weighted by atomic mass is 32.1. The number of rotatable bonds is 4. The number of amides is 2. The molecule has 3 rings (SSSR count). The molecule has 1 saturated heterocycles. The highest BCUT2D eigenvalue weighted by Crippen LogP contribution is 2.22. The normalized spacial score (nSPS) is 17.8. The van der Waals surface area contributed by atoms with Crippen molar-refractivity contribution in [3.05, 3.63) is 40.5 Å². The molecule has 1 N–H and O–H groups in total. The molecular formula is C18H22FN3OS. The summed E-state index contributed by atoms with van der Waals surface area (Å²) in [5.74, 6) is -0.259. The lowest BCUT2D eigenvalue weighted by Crippen LogP contribution is -2.47. The van der Waals surface area contributed by atoms with Crippen molar-refractivity contribution in [2.24, 2.45) is 0 Å². The molecule has 2 heterocycles. The van der Waals surface area contributed by atoms with Gasteiger partial charge in [-0.05, 0) is 38.3 Å². The van der Waals surface area contributed by atoms with Gasteiger partial charge in [0.05, 0.1) is 10.7 Å². The predicted molar refractivity (Wildman–Crippen MR) is 94.6 cm³/mol. The van der Waals surface area contributed by atoms with Crippen molar-refractivity contribution in [2.45, 2.75) is 38.6 Å². The Labute approximate surface area is 145 Å². The number of urea groups is 1. The van der Waals surface area contributed by atoms with Crippen LogP contribution < -0.4 is 5.32 Å². The molecule has 1 unspecified atom stereocenters. The van der Waals surface area contributed by atoms with Gasteiger partial charge in [-0.3, -0.25) is 0 Å². The first-order valence-electron chi connectivity index (χ1n) is 8.38. The first kappa shape index (κ1) is 16.9. The zero-order valence-electron chi connectivity index (χ0n) is 13.8. The van der Waals surface area contributed by atoms with Crippen molar-refractivity contribution in [1.82, 2.24) is 15.2 Å². The third-order valence-electron chi connectivity index (χ3n) is 4.35. The largest absolute Gasteiger partial charge is 0.338 e. The number of nitrogens with one attached hydrogen (secondary N) is 1. The van der Waals surface area contributed by atoms with Crippen LogP contribution in [0.5, 0.6) is 0 Å². The van der Waals surface area contributed by atoms with Crippen molar-refractivity contribution in [3.8, 4) is 11.3 Å². The van der Waals surface area contributed by atoms with Crippen LogP contribution in [-0.2, 0) is 6.42 Å². The van der Waals surface area contributed by atoms with Crippen LogP contribution in [0.15, 0.2) is 29.6 Å². The SMILES string of the molecule is CC1CCCCN1C(=O)NCCc1nc(-c2cccc(F)c2)cs1. The number of aromatic nitrogens is 1. The van der Waals surface area contributed by atoms with Crippen molar-refractivity contribution in [2.75, 3.05) is 13.1 Å². The summed E-state index contributed by atoms with van der Waals surface area (Å²) in [5, 5.41) is 5.86. The van der Waals surface area contributed by atoms with E-state index in [-0.39, 0.29) is 11.8 Å². The van der Waals surface area contributed by atoms with Gasteiger partial charge in [0, 0.05) is 36.5 Å². The lowest BCUT2D eigenvalue weighted by molar-refractivity contribution is 0.158. The minimum atomic E-state index is -0.259. The van der Waals surface area contributed by atoms with E-state index in [0.717, 1.165) is 35.7 Å². The van der Waals surface area contributed by atoms with Crippen LogP contribution in [0.3, 0.4) is 0 Å². The average Bonchev–Trinajstić information content (AvgIpc) is 3.04. The Hall–Kier alpha value is -1.95. The van der Waals surface area contributed by atoms with Crippen LogP contribution in [0.4, 0.5) is 9.18 Å². The minimum absolute atomic E-state index is 0.0177. The fourth-order valence-corrected chi connectivity index (χ4v) is 3.79. The number of piperidine rings is 1. The van der Waals surface area contributed by atoms with Crippen molar-refractivity contribution in [3.63, 3.8) is 0 Å². The zero-order valence-corrected chi connectivity index (χ0v) is 14.6. The highest BCUT2D eigenvalue weighted by molar-refractivity contribution is 7.09. The summed E-state index contributed by atoms with van der Waals surface area (Å²) in [6.45, 7) is 3.51. The molecule has 128 valence electrons. The second-order valence-electron chi connectivity index (χ2n) is 6.16. The third kappa shape index (κ3) is 4.12. The third-order valence-corrected chi connectivity index (χ3v) is 5.26. The zero-order chi connectivity index (χ0) is 16.9. The second kappa shape index (κ2) is 7.75. The van der Waals surface area contributed by atoms with E-state index >= 15 is 0 Å². The Bertz CT molecular complexity index is 703. The number of carbonyl (C=O) groups is 1. The molecule has 1 aromatic carbocycles. The van der Waals surface area contributed by atoms with E-state index in [4.69, 9.17) is 0 Å². The van der Waals surface area contributed by atoms with Crippen LogP contribution in [-0.4, -0.2) is 35.0 Å². The lowest BCUT2D eigenvalue weighted by Gasteiger charge is -2.33. The molecular weight excluding hydrogens is 325 g/mol. The minimum Gasteiger partial charge on any atom is -0.338 e. The number of carbonyl (C=O) groups excluding carboxylic acids is 1. The van der Waals surface area contributed by atoms with Crippen LogP contribution in [0.2, 0.25) is 0 Å². The van der Waals surface area contributed by atoms with Crippen molar-refractivity contribution < 1.29 is 9.18 Å². The number of hydrogen-bond acceptors (Lipinski definition) is 3. The van der Waals surface area contributed by atoms with Gasteiger partial charge in [0.25, 0.3) is 0 Å². The molecule has 1 fully saturated rings. The van der Waals surface area contributed by atoms with Gasteiger partial charge in [-0.25, -0.2) is 14.2 Å². The van der Waals surface area contributed by atoms with E-state index in [1.807, 2.05) is 16.3 Å². The van der Waals surface area contributed by atoms with Gasteiger partial charge in [0.15, 0.2) is 0 Å². The van der Waals surface area contributed by atoms with E-state index < -0.39 is 0 Å². The van der Waals surface area contributed by atoms with E-state index in [9.17, 15) is 9.18 Å². The van der Waals surface area contributed by atoms with Crippen LogP contribution in [0.1, 0.15) is 31.2 Å². The van der Waals surface area contributed by atoms with Gasteiger partial charge >= 0.3 is 6.03 Å². The van der Waals surface area contributed by atoms with E-state index in [1.165, 1.54) is 29.9 Å². The van der Waals surface area contributed by atoms with Crippen molar-refractivity contribution in [1.29, 1.82) is 0 Å². The predicted octanol–water partition coefficient (Wildman–Crippen LogP) is 4.08. The summed E-state index contributed by atoms with van der Waals surface area (Å²) in [6.07, 6.45) is 4.05. The van der Waals surface area contributed by atoms with Crippen LogP contribution >= 0.6 is 11.3 Å². The standard InChI is InChI=1S/C18H22FN3OS/c1-13-5-2-3-10-22(13)18(23)20-9-8-17-21-16(12-24-17)14-6-4-7-15(19)11-14/h4,6-7,11-13H,2-3,5,8-10H2,1H3,(H,20,23). The Kier molecular flexibility index (Phi) is 5.45. The molecule has 1 aliphatic rings. The number of thiazole rings is 1. The van der Waals surface area contributed by atoms with Gasteiger partial charge in [0.2, 0.25) is 0 Å². The number of halogens is 1.